The molecule has 0 aromatic carbocycles. The highest BCUT2D eigenvalue weighted by Crippen LogP contribution is 2.28. The van der Waals surface area contributed by atoms with Crippen molar-refractivity contribution in [3.8, 4) is 0 Å². The number of carbonyl (C=O) groups is 2. The van der Waals surface area contributed by atoms with Gasteiger partial charge < -0.3 is 15.1 Å². The van der Waals surface area contributed by atoms with Gasteiger partial charge in [0.2, 0.25) is 11.8 Å². The zero-order valence-corrected chi connectivity index (χ0v) is 17.1. The fourth-order valence-electron chi connectivity index (χ4n) is 4.55. The highest BCUT2D eigenvalue weighted by molar-refractivity contribution is 5.78. The first-order valence-corrected chi connectivity index (χ1v) is 10.8. The fraction of sp³-hybridized carbons (Fsp3) is 0.682. The van der Waals surface area contributed by atoms with Crippen LogP contribution < -0.4 is 5.32 Å². The Hall–Kier alpha value is -1.95. The third-order valence-corrected chi connectivity index (χ3v) is 6.13. The monoisotopic (exact) mass is 386 g/mol. The molecule has 0 atom stereocenters. The highest BCUT2D eigenvalue weighted by Gasteiger charge is 2.28. The number of rotatable bonds is 8. The topological polar surface area (TPSA) is 65.5 Å². The van der Waals surface area contributed by atoms with E-state index < -0.39 is 0 Å². The van der Waals surface area contributed by atoms with E-state index in [-0.39, 0.29) is 11.8 Å². The first kappa shape index (κ1) is 20.8. The number of pyridine rings is 1. The number of aromatic nitrogens is 1. The van der Waals surface area contributed by atoms with E-state index in [1.807, 2.05) is 23.2 Å². The molecule has 1 aromatic heterocycles. The van der Waals surface area contributed by atoms with E-state index in [0.29, 0.717) is 25.4 Å². The molecule has 0 unspecified atom stereocenters. The lowest BCUT2D eigenvalue weighted by Gasteiger charge is -2.38. The summed E-state index contributed by atoms with van der Waals surface area (Å²) >= 11 is 0. The predicted octanol–water partition coefficient (Wildman–Crippen LogP) is 2.59. The molecule has 0 radical (unpaired) electrons. The molecule has 6 nitrogen and oxygen atoms in total. The van der Waals surface area contributed by atoms with E-state index in [1.54, 1.807) is 6.20 Å². The smallest absolute Gasteiger partial charge is 0.224 e. The molecule has 154 valence electrons. The predicted molar refractivity (Wildman–Crippen MR) is 110 cm³/mol. The summed E-state index contributed by atoms with van der Waals surface area (Å²) in [5, 5.41) is 2.73. The van der Waals surface area contributed by atoms with Gasteiger partial charge in [0.05, 0.1) is 0 Å². The molecular formula is C22H34N4O2. The van der Waals surface area contributed by atoms with Crippen molar-refractivity contribution in [1.82, 2.24) is 20.1 Å². The molecule has 0 bridgehead atoms. The molecule has 2 heterocycles. The van der Waals surface area contributed by atoms with Gasteiger partial charge in [0.15, 0.2) is 0 Å². The summed E-state index contributed by atoms with van der Waals surface area (Å²) in [6.45, 7) is 5.60. The number of likely N-dealkylation sites (tertiary alicyclic amines) is 1. The summed E-state index contributed by atoms with van der Waals surface area (Å²) in [7, 11) is 0. The minimum Gasteiger partial charge on any atom is -0.356 e. The minimum absolute atomic E-state index is 0.0918. The Morgan fingerprint density at radius 1 is 1.21 bits per heavy atom. The van der Waals surface area contributed by atoms with Gasteiger partial charge in [0, 0.05) is 51.4 Å². The Labute approximate surface area is 168 Å². The molecule has 28 heavy (non-hydrogen) atoms. The summed E-state index contributed by atoms with van der Waals surface area (Å²) in [5.74, 6) is 0.570. The van der Waals surface area contributed by atoms with Gasteiger partial charge in [-0.2, -0.15) is 0 Å². The summed E-state index contributed by atoms with van der Waals surface area (Å²) in [6.07, 6.45) is 11.7. The van der Waals surface area contributed by atoms with Crippen LogP contribution in [0.3, 0.4) is 0 Å². The van der Waals surface area contributed by atoms with Gasteiger partial charge in [-0.25, -0.2) is 0 Å². The molecule has 2 aliphatic rings. The van der Waals surface area contributed by atoms with E-state index in [9.17, 15) is 9.59 Å². The first-order chi connectivity index (χ1) is 13.6. The van der Waals surface area contributed by atoms with Crippen LogP contribution in [0.4, 0.5) is 0 Å². The number of nitrogens with one attached hydrogen (secondary N) is 1. The molecule has 0 spiro atoms. The maximum absolute atomic E-state index is 12.8. The molecule has 1 aromatic rings. The second-order valence-corrected chi connectivity index (χ2v) is 8.29. The normalized spacial score (nSPS) is 18.9. The Balaban J connectivity index is 1.54. The second kappa shape index (κ2) is 10.6. The molecule has 1 aliphatic heterocycles. The standard InChI is InChI=1S/C22H34N4O2/c1-18(27)24-12-8-22(28)26(17-20-5-4-11-23-15-20)16-19-9-13-25(14-10-19)21-6-2-3-7-21/h4-5,11,15,19,21H,2-3,6-10,12-14,16-17H2,1H3,(H,24,27). The van der Waals surface area contributed by atoms with Crippen molar-refractivity contribution in [2.24, 2.45) is 5.92 Å². The van der Waals surface area contributed by atoms with Gasteiger partial charge in [-0.3, -0.25) is 14.6 Å². The van der Waals surface area contributed by atoms with E-state index in [0.717, 1.165) is 31.2 Å². The summed E-state index contributed by atoms with van der Waals surface area (Å²) in [5.41, 5.74) is 1.05. The van der Waals surface area contributed by atoms with Crippen LogP contribution in [0.25, 0.3) is 0 Å². The Morgan fingerprint density at radius 2 is 1.96 bits per heavy atom. The summed E-state index contributed by atoms with van der Waals surface area (Å²) < 4.78 is 0. The number of amides is 2. The fourth-order valence-corrected chi connectivity index (χ4v) is 4.55. The van der Waals surface area contributed by atoms with Gasteiger partial charge in [0.1, 0.15) is 0 Å². The van der Waals surface area contributed by atoms with Gasteiger partial charge in [-0.05, 0) is 56.3 Å². The van der Waals surface area contributed by atoms with Crippen molar-refractivity contribution in [1.29, 1.82) is 0 Å². The van der Waals surface area contributed by atoms with Gasteiger partial charge in [0.25, 0.3) is 0 Å². The van der Waals surface area contributed by atoms with Crippen LogP contribution in [-0.2, 0) is 16.1 Å². The molecule has 2 amide bonds. The van der Waals surface area contributed by atoms with E-state index >= 15 is 0 Å². The number of piperidine rings is 1. The molecule has 1 saturated carbocycles. The SMILES string of the molecule is CC(=O)NCCC(=O)N(Cc1cccnc1)CC1CCN(C2CCCC2)CC1. The van der Waals surface area contributed by atoms with Crippen molar-refractivity contribution in [3.05, 3.63) is 30.1 Å². The quantitative estimate of drug-likeness (QED) is 0.746. The van der Waals surface area contributed by atoms with Crippen LogP contribution in [-0.4, -0.2) is 58.8 Å². The van der Waals surface area contributed by atoms with Crippen molar-refractivity contribution in [2.45, 2.75) is 64.5 Å². The zero-order chi connectivity index (χ0) is 19.8. The number of carbonyl (C=O) groups excluding carboxylic acids is 2. The van der Waals surface area contributed by atoms with Crippen molar-refractivity contribution in [2.75, 3.05) is 26.2 Å². The third-order valence-electron chi connectivity index (χ3n) is 6.13. The molecule has 2 fully saturated rings. The minimum atomic E-state index is -0.0918. The van der Waals surface area contributed by atoms with Gasteiger partial charge in [-0.1, -0.05) is 18.9 Å². The molecule has 3 rings (SSSR count). The lowest BCUT2D eigenvalue weighted by Crippen LogP contribution is -2.44. The van der Waals surface area contributed by atoms with E-state index in [4.69, 9.17) is 0 Å². The molecular weight excluding hydrogens is 352 g/mol. The van der Waals surface area contributed by atoms with Gasteiger partial charge >= 0.3 is 0 Å². The highest BCUT2D eigenvalue weighted by atomic mass is 16.2. The average Bonchev–Trinajstić information content (AvgIpc) is 3.23. The zero-order valence-electron chi connectivity index (χ0n) is 17.1. The van der Waals surface area contributed by atoms with E-state index in [1.165, 1.54) is 45.4 Å². The van der Waals surface area contributed by atoms with Crippen molar-refractivity contribution < 1.29 is 9.59 Å². The van der Waals surface area contributed by atoms with Crippen LogP contribution in [0.2, 0.25) is 0 Å². The Morgan fingerprint density at radius 3 is 2.61 bits per heavy atom. The number of hydrogen-bond donors (Lipinski definition) is 1. The maximum Gasteiger partial charge on any atom is 0.224 e. The second-order valence-electron chi connectivity index (χ2n) is 8.29. The largest absolute Gasteiger partial charge is 0.356 e. The first-order valence-electron chi connectivity index (χ1n) is 10.8. The third kappa shape index (κ3) is 6.30. The number of nitrogens with zero attached hydrogens (tertiary/aromatic N) is 3. The molecule has 1 saturated heterocycles. The van der Waals surface area contributed by atoms with Crippen molar-refractivity contribution in [3.63, 3.8) is 0 Å². The van der Waals surface area contributed by atoms with Gasteiger partial charge in [-0.15, -0.1) is 0 Å². The van der Waals surface area contributed by atoms with Crippen LogP contribution >= 0.6 is 0 Å². The summed E-state index contributed by atoms with van der Waals surface area (Å²) in [6, 6.07) is 4.73. The van der Waals surface area contributed by atoms with Crippen LogP contribution in [0, 0.1) is 5.92 Å². The van der Waals surface area contributed by atoms with Crippen molar-refractivity contribution >= 4 is 11.8 Å². The van der Waals surface area contributed by atoms with Crippen LogP contribution in [0.5, 0.6) is 0 Å². The Bertz CT molecular complexity index is 623. The Kier molecular flexibility index (Phi) is 7.83. The molecule has 1 N–H and O–H groups in total. The van der Waals surface area contributed by atoms with Crippen LogP contribution in [0.15, 0.2) is 24.5 Å². The molecule has 1 aliphatic carbocycles. The lowest BCUT2D eigenvalue weighted by atomic mass is 9.94. The van der Waals surface area contributed by atoms with Crippen LogP contribution in [0.1, 0.15) is 57.4 Å². The summed E-state index contributed by atoms with van der Waals surface area (Å²) in [4.78, 5) is 32.7. The van der Waals surface area contributed by atoms with E-state index in [2.05, 4.69) is 15.2 Å². The average molecular weight is 387 g/mol. The maximum atomic E-state index is 12.8. The molecule has 6 heteroatoms. The lowest BCUT2D eigenvalue weighted by molar-refractivity contribution is -0.132. The number of hydrogen-bond acceptors (Lipinski definition) is 4.